The Morgan fingerprint density at radius 2 is 2.00 bits per heavy atom. The molecule has 0 radical (unpaired) electrons. The molecule has 0 aromatic heterocycles. The summed E-state index contributed by atoms with van der Waals surface area (Å²) in [5.74, 6) is -0.427. The Morgan fingerprint density at radius 3 is 2.74 bits per heavy atom. The van der Waals surface area contributed by atoms with Crippen molar-refractivity contribution in [2.45, 2.75) is 19.4 Å². The summed E-state index contributed by atoms with van der Waals surface area (Å²) in [6.07, 6.45) is 0. The van der Waals surface area contributed by atoms with Crippen LogP contribution in [0, 0.1) is 17.1 Å². The van der Waals surface area contributed by atoms with Crippen LogP contribution in [0.15, 0.2) is 36.4 Å². The normalized spacial score (nSPS) is 16.0. The zero-order chi connectivity index (χ0) is 16.6. The van der Waals surface area contributed by atoms with Crippen LogP contribution in [0.25, 0.3) is 11.1 Å². The van der Waals surface area contributed by atoms with Crippen LogP contribution in [0.4, 0.5) is 10.1 Å². The number of anilines is 1. The summed E-state index contributed by atoms with van der Waals surface area (Å²) in [5, 5.41) is 12.2. The Kier molecular flexibility index (Phi) is 3.88. The van der Waals surface area contributed by atoms with Crippen LogP contribution in [-0.2, 0) is 10.3 Å². The molecule has 0 aliphatic carbocycles. The van der Waals surface area contributed by atoms with Crippen molar-refractivity contribution in [2.75, 3.05) is 11.9 Å². The van der Waals surface area contributed by atoms with Gasteiger partial charge in [-0.15, -0.1) is 0 Å². The van der Waals surface area contributed by atoms with E-state index in [9.17, 15) is 4.39 Å². The highest BCUT2D eigenvalue weighted by atomic mass is 32.1. The predicted molar refractivity (Wildman–Crippen MR) is 91.7 cm³/mol. The van der Waals surface area contributed by atoms with Gasteiger partial charge < -0.3 is 10.1 Å². The van der Waals surface area contributed by atoms with E-state index >= 15 is 0 Å². The van der Waals surface area contributed by atoms with Gasteiger partial charge in [-0.05, 0) is 55.3 Å². The Bertz CT molecular complexity index is 839. The molecule has 116 valence electrons. The molecule has 0 bridgehead atoms. The molecule has 1 N–H and O–H groups in total. The van der Waals surface area contributed by atoms with E-state index in [1.54, 1.807) is 6.07 Å². The molecule has 0 unspecified atom stereocenters. The lowest BCUT2D eigenvalue weighted by atomic mass is 9.92. The summed E-state index contributed by atoms with van der Waals surface area (Å²) >= 11 is 5.23. The van der Waals surface area contributed by atoms with Crippen LogP contribution in [-0.4, -0.2) is 11.6 Å². The fraction of sp³-hybridized carbons (Fsp3) is 0.222. The molecule has 0 saturated carbocycles. The number of ether oxygens (including phenoxy) is 1. The molecule has 2 aromatic carbocycles. The lowest BCUT2D eigenvalue weighted by Crippen LogP contribution is -2.22. The number of nitriles is 1. The Balaban J connectivity index is 2.14. The van der Waals surface area contributed by atoms with Gasteiger partial charge in [-0.2, -0.15) is 5.26 Å². The summed E-state index contributed by atoms with van der Waals surface area (Å²) < 4.78 is 19.6. The number of halogens is 1. The summed E-state index contributed by atoms with van der Waals surface area (Å²) in [7, 11) is 0. The smallest absolute Gasteiger partial charge is 0.125 e. The van der Waals surface area contributed by atoms with Crippen molar-refractivity contribution >= 4 is 22.9 Å². The van der Waals surface area contributed by atoms with Gasteiger partial charge in [-0.25, -0.2) is 4.39 Å². The highest BCUT2D eigenvalue weighted by Crippen LogP contribution is 2.36. The highest BCUT2D eigenvalue weighted by Gasteiger charge is 2.28. The molecule has 2 aromatic rings. The molecule has 0 atom stereocenters. The predicted octanol–water partition coefficient (Wildman–Crippen LogP) is 4.37. The van der Waals surface area contributed by atoms with Crippen molar-refractivity contribution in [1.29, 1.82) is 5.26 Å². The second kappa shape index (κ2) is 5.73. The topological polar surface area (TPSA) is 45.0 Å². The molecule has 3 rings (SSSR count). The average molecular weight is 326 g/mol. The van der Waals surface area contributed by atoms with Crippen LogP contribution < -0.4 is 5.32 Å². The zero-order valence-electron chi connectivity index (χ0n) is 12.8. The molecule has 0 amide bonds. The molecule has 1 heterocycles. The minimum absolute atomic E-state index is 0.296. The molecule has 5 heteroatoms. The first kappa shape index (κ1) is 15.6. The van der Waals surface area contributed by atoms with Crippen molar-refractivity contribution in [3.05, 3.63) is 53.3 Å². The Hall–Kier alpha value is -2.29. The standard InChI is InChI=1S/C18H15FN2OS/c1-18(2)15-8-12(3-4-16(15)21-17(23)10-22-18)13-5-11(9-20)6-14(19)7-13/h3-8H,10H2,1-2H3,(H,21,23). The molecule has 3 nitrogen and oxygen atoms in total. The largest absolute Gasteiger partial charge is 0.364 e. The van der Waals surface area contributed by atoms with Gasteiger partial charge in [-0.3, -0.25) is 0 Å². The molecular formula is C18H15FN2OS. The lowest BCUT2D eigenvalue weighted by molar-refractivity contribution is 0.00436. The van der Waals surface area contributed by atoms with E-state index in [-0.39, 0.29) is 0 Å². The zero-order valence-corrected chi connectivity index (χ0v) is 13.6. The maximum absolute atomic E-state index is 13.7. The molecule has 0 saturated heterocycles. The van der Waals surface area contributed by atoms with Gasteiger partial charge in [0.15, 0.2) is 0 Å². The fourth-order valence-corrected chi connectivity index (χ4v) is 2.83. The molecule has 0 fully saturated rings. The van der Waals surface area contributed by atoms with Crippen molar-refractivity contribution in [3.8, 4) is 17.2 Å². The summed E-state index contributed by atoms with van der Waals surface area (Å²) in [6.45, 7) is 4.29. The lowest BCUT2D eigenvalue weighted by Gasteiger charge is -2.25. The summed E-state index contributed by atoms with van der Waals surface area (Å²) in [5.41, 5.74) is 3.09. The molecule has 1 aliphatic rings. The quantitative estimate of drug-likeness (QED) is 0.791. The number of nitrogens with one attached hydrogen (secondary N) is 1. The fourth-order valence-electron chi connectivity index (χ4n) is 2.66. The highest BCUT2D eigenvalue weighted by molar-refractivity contribution is 7.80. The van der Waals surface area contributed by atoms with Crippen molar-refractivity contribution in [2.24, 2.45) is 0 Å². The van der Waals surface area contributed by atoms with E-state index in [2.05, 4.69) is 5.32 Å². The van der Waals surface area contributed by atoms with Crippen LogP contribution in [0.5, 0.6) is 0 Å². The van der Waals surface area contributed by atoms with Gasteiger partial charge in [0.1, 0.15) is 10.8 Å². The van der Waals surface area contributed by atoms with Crippen LogP contribution >= 0.6 is 12.2 Å². The Morgan fingerprint density at radius 1 is 1.22 bits per heavy atom. The van der Waals surface area contributed by atoms with Gasteiger partial charge in [0.25, 0.3) is 0 Å². The van der Waals surface area contributed by atoms with Crippen LogP contribution in [0.3, 0.4) is 0 Å². The van der Waals surface area contributed by atoms with E-state index in [0.717, 1.165) is 16.8 Å². The van der Waals surface area contributed by atoms with E-state index in [1.165, 1.54) is 12.1 Å². The molecule has 23 heavy (non-hydrogen) atoms. The second-order valence-electron chi connectivity index (χ2n) is 5.95. The summed E-state index contributed by atoms with van der Waals surface area (Å²) in [4.78, 5) is 0.627. The average Bonchev–Trinajstić information content (AvgIpc) is 2.63. The third kappa shape index (κ3) is 3.09. The van der Waals surface area contributed by atoms with E-state index in [0.29, 0.717) is 22.7 Å². The minimum Gasteiger partial charge on any atom is -0.364 e. The first-order chi connectivity index (χ1) is 10.9. The summed E-state index contributed by atoms with van der Waals surface area (Å²) in [6, 6.07) is 12.0. The molecule has 1 aliphatic heterocycles. The van der Waals surface area contributed by atoms with Crippen molar-refractivity contribution in [3.63, 3.8) is 0 Å². The first-order valence-electron chi connectivity index (χ1n) is 7.18. The number of benzene rings is 2. The van der Waals surface area contributed by atoms with Crippen molar-refractivity contribution in [1.82, 2.24) is 0 Å². The van der Waals surface area contributed by atoms with Crippen LogP contribution in [0.2, 0.25) is 0 Å². The maximum Gasteiger partial charge on any atom is 0.125 e. The minimum atomic E-state index is -0.524. The van der Waals surface area contributed by atoms with Crippen LogP contribution in [0.1, 0.15) is 25.0 Å². The van der Waals surface area contributed by atoms with E-state index in [4.69, 9.17) is 22.2 Å². The maximum atomic E-state index is 13.7. The molecule has 0 spiro atoms. The second-order valence-corrected chi connectivity index (χ2v) is 6.44. The number of rotatable bonds is 1. The third-order valence-electron chi connectivity index (χ3n) is 3.87. The van der Waals surface area contributed by atoms with Gasteiger partial charge in [0.2, 0.25) is 0 Å². The molecular weight excluding hydrogens is 311 g/mol. The van der Waals surface area contributed by atoms with Gasteiger partial charge >= 0.3 is 0 Å². The number of hydrogen-bond acceptors (Lipinski definition) is 3. The number of fused-ring (bicyclic) bond motifs is 1. The van der Waals surface area contributed by atoms with Gasteiger partial charge in [-0.1, -0.05) is 18.3 Å². The van der Waals surface area contributed by atoms with Crippen molar-refractivity contribution < 1.29 is 9.13 Å². The Labute approximate surface area is 139 Å². The third-order valence-corrected chi connectivity index (χ3v) is 4.09. The van der Waals surface area contributed by atoms with Gasteiger partial charge in [0, 0.05) is 11.3 Å². The van der Waals surface area contributed by atoms with E-state index in [1.807, 2.05) is 38.1 Å². The number of nitrogens with zero attached hydrogens (tertiary/aromatic N) is 1. The van der Waals surface area contributed by atoms with E-state index < -0.39 is 11.4 Å². The number of thiocarbonyl (C=S) groups is 1. The SMILES string of the molecule is CC1(C)OCC(=S)Nc2ccc(-c3cc(F)cc(C#N)c3)cc21. The van der Waals surface area contributed by atoms with Gasteiger partial charge in [0.05, 0.1) is 23.8 Å². The monoisotopic (exact) mass is 326 g/mol. The number of hydrogen-bond donors (Lipinski definition) is 1. The first-order valence-corrected chi connectivity index (χ1v) is 7.59.